The van der Waals surface area contributed by atoms with Gasteiger partial charge < -0.3 is 10.3 Å². The van der Waals surface area contributed by atoms with E-state index in [9.17, 15) is 8.42 Å². The molecule has 0 amide bonds. The van der Waals surface area contributed by atoms with E-state index < -0.39 is 16.1 Å². The molecule has 18 heavy (non-hydrogen) atoms. The van der Waals surface area contributed by atoms with Gasteiger partial charge in [-0.25, -0.2) is 13.4 Å². The van der Waals surface area contributed by atoms with Crippen LogP contribution >= 0.6 is 0 Å². The van der Waals surface area contributed by atoms with Gasteiger partial charge in [0.05, 0.1) is 6.04 Å². The zero-order valence-electron chi connectivity index (χ0n) is 10.8. The van der Waals surface area contributed by atoms with Gasteiger partial charge >= 0.3 is 0 Å². The van der Waals surface area contributed by atoms with Gasteiger partial charge in [-0.2, -0.15) is 4.72 Å². The first-order valence-electron chi connectivity index (χ1n) is 5.64. The largest absolute Gasteiger partial charge is 0.386 e. The zero-order valence-corrected chi connectivity index (χ0v) is 11.6. The molecular formula is C10H19N5O2S. The van der Waals surface area contributed by atoms with Gasteiger partial charge in [0.25, 0.3) is 10.0 Å². The minimum absolute atomic E-state index is 0.0511. The van der Waals surface area contributed by atoms with Crippen molar-refractivity contribution in [2.24, 2.45) is 12.8 Å². The number of imidazole rings is 1. The first-order valence-corrected chi connectivity index (χ1v) is 7.12. The molecule has 0 saturated heterocycles. The van der Waals surface area contributed by atoms with E-state index in [1.807, 2.05) is 6.92 Å². The highest BCUT2D eigenvalue weighted by Gasteiger charge is 2.24. The van der Waals surface area contributed by atoms with E-state index in [1.54, 1.807) is 18.5 Å². The number of hydrogen-bond donors (Lipinski definition) is 3. The van der Waals surface area contributed by atoms with Crippen molar-refractivity contribution >= 4 is 15.9 Å². The fourth-order valence-corrected chi connectivity index (χ4v) is 2.76. The van der Waals surface area contributed by atoms with Crippen molar-refractivity contribution in [3.05, 3.63) is 12.0 Å². The number of sulfonamides is 1. The third-order valence-corrected chi connectivity index (χ3v) is 3.95. The Morgan fingerprint density at radius 1 is 1.67 bits per heavy atom. The Balaban J connectivity index is 2.96. The van der Waals surface area contributed by atoms with Crippen molar-refractivity contribution in [3.8, 4) is 0 Å². The number of rotatable bonds is 6. The van der Waals surface area contributed by atoms with Crippen LogP contribution in [0.3, 0.4) is 0 Å². The van der Waals surface area contributed by atoms with Crippen LogP contribution in [0, 0.1) is 12.3 Å². The molecule has 0 radical (unpaired) electrons. The number of amidine groups is 1. The summed E-state index contributed by atoms with van der Waals surface area (Å²) in [4.78, 5) is 3.96. The quantitative estimate of drug-likeness (QED) is 0.504. The summed E-state index contributed by atoms with van der Waals surface area (Å²) in [6.07, 6.45) is 2.65. The lowest BCUT2D eigenvalue weighted by Gasteiger charge is -2.15. The molecule has 7 nitrogen and oxygen atoms in total. The van der Waals surface area contributed by atoms with Gasteiger partial charge in [-0.3, -0.25) is 5.41 Å². The van der Waals surface area contributed by atoms with E-state index in [1.165, 1.54) is 6.20 Å². The lowest BCUT2D eigenvalue weighted by molar-refractivity contribution is 0.562. The summed E-state index contributed by atoms with van der Waals surface area (Å²) in [5.41, 5.74) is 5.37. The van der Waals surface area contributed by atoms with Crippen LogP contribution in [0.4, 0.5) is 0 Å². The highest BCUT2D eigenvalue weighted by molar-refractivity contribution is 7.89. The Kier molecular flexibility index (Phi) is 4.47. The number of aromatic nitrogens is 2. The molecule has 4 N–H and O–H groups in total. The Hall–Kier alpha value is -1.41. The standard InChI is InChI=1S/C10H19N5O2S/c1-4-5-8(10(11)12)14-18(16,17)9-6-15(3)7(2)13-9/h6,8,14H,4-5H2,1-3H3,(H3,11,12). The van der Waals surface area contributed by atoms with E-state index in [-0.39, 0.29) is 10.9 Å². The molecule has 0 aliphatic carbocycles. The van der Waals surface area contributed by atoms with Crippen molar-refractivity contribution in [3.63, 3.8) is 0 Å². The Morgan fingerprint density at radius 2 is 2.28 bits per heavy atom. The van der Waals surface area contributed by atoms with E-state index in [2.05, 4.69) is 9.71 Å². The molecule has 1 aromatic rings. The molecule has 102 valence electrons. The zero-order chi connectivity index (χ0) is 13.9. The summed E-state index contributed by atoms with van der Waals surface area (Å²) in [5, 5.41) is 7.32. The number of aryl methyl sites for hydroxylation is 2. The lowest BCUT2D eigenvalue weighted by Crippen LogP contribution is -2.43. The third kappa shape index (κ3) is 3.30. The molecule has 1 unspecified atom stereocenters. The van der Waals surface area contributed by atoms with Crippen LogP contribution in [0.25, 0.3) is 0 Å². The first kappa shape index (κ1) is 14.7. The number of nitrogens with one attached hydrogen (secondary N) is 2. The van der Waals surface area contributed by atoms with E-state index in [0.717, 1.165) is 6.42 Å². The Bertz CT molecular complexity index is 515. The monoisotopic (exact) mass is 273 g/mol. The average molecular weight is 273 g/mol. The Labute approximate surface area is 107 Å². The molecule has 0 aliphatic heterocycles. The molecule has 0 bridgehead atoms. The van der Waals surface area contributed by atoms with Gasteiger partial charge in [-0.05, 0) is 13.3 Å². The van der Waals surface area contributed by atoms with Crippen molar-refractivity contribution in [2.75, 3.05) is 0 Å². The van der Waals surface area contributed by atoms with Crippen molar-refractivity contribution in [1.29, 1.82) is 5.41 Å². The molecule has 0 fully saturated rings. The highest BCUT2D eigenvalue weighted by atomic mass is 32.2. The van der Waals surface area contributed by atoms with Crippen LogP contribution in [0.5, 0.6) is 0 Å². The third-order valence-electron chi connectivity index (χ3n) is 2.61. The highest BCUT2D eigenvalue weighted by Crippen LogP contribution is 2.09. The van der Waals surface area contributed by atoms with Crippen LogP contribution in [0.2, 0.25) is 0 Å². The summed E-state index contributed by atoms with van der Waals surface area (Å²) in [6, 6.07) is -0.678. The minimum atomic E-state index is -3.73. The predicted octanol–water partition coefficient (Wildman–Crippen LogP) is 0.111. The summed E-state index contributed by atoms with van der Waals surface area (Å²) < 4.78 is 28.1. The summed E-state index contributed by atoms with van der Waals surface area (Å²) in [7, 11) is -2.01. The predicted molar refractivity (Wildman–Crippen MR) is 68.9 cm³/mol. The maximum absolute atomic E-state index is 12.0. The van der Waals surface area contributed by atoms with Gasteiger partial charge in [0.15, 0.2) is 5.03 Å². The summed E-state index contributed by atoms with van der Waals surface area (Å²) in [5.74, 6) is 0.415. The second-order valence-corrected chi connectivity index (χ2v) is 5.82. The van der Waals surface area contributed by atoms with E-state index >= 15 is 0 Å². The first-order chi connectivity index (χ1) is 8.27. The maximum Gasteiger partial charge on any atom is 0.260 e. The molecule has 8 heteroatoms. The fourth-order valence-electron chi connectivity index (χ4n) is 1.47. The van der Waals surface area contributed by atoms with Crippen LogP contribution in [0.1, 0.15) is 25.6 Å². The SMILES string of the molecule is CCCC(NS(=O)(=O)c1cn(C)c(C)n1)C(=N)N. The molecular weight excluding hydrogens is 254 g/mol. The number of nitrogens with two attached hydrogens (primary N) is 1. The van der Waals surface area contributed by atoms with Crippen molar-refractivity contribution in [1.82, 2.24) is 14.3 Å². The van der Waals surface area contributed by atoms with Gasteiger partial charge in [0, 0.05) is 13.2 Å². The minimum Gasteiger partial charge on any atom is -0.386 e. The average Bonchev–Trinajstić information content (AvgIpc) is 2.59. The lowest BCUT2D eigenvalue weighted by atomic mass is 10.2. The molecule has 1 aromatic heterocycles. The van der Waals surface area contributed by atoms with Gasteiger partial charge in [-0.15, -0.1) is 0 Å². The second-order valence-electron chi connectivity index (χ2n) is 4.16. The molecule has 0 spiro atoms. The number of nitrogens with zero attached hydrogens (tertiary/aromatic N) is 2. The molecule has 0 saturated carbocycles. The smallest absolute Gasteiger partial charge is 0.260 e. The van der Waals surface area contributed by atoms with Crippen LogP contribution in [0.15, 0.2) is 11.2 Å². The van der Waals surface area contributed by atoms with Gasteiger partial charge in [0.2, 0.25) is 0 Å². The van der Waals surface area contributed by atoms with Crippen molar-refractivity contribution < 1.29 is 8.42 Å². The summed E-state index contributed by atoms with van der Waals surface area (Å²) >= 11 is 0. The van der Waals surface area contributed by atoms with Crippen LogP contribution in [-0.4, -0.2) is 29.8 Å². The molecule has 1 atom stereocenters. The van der Waals surface area contributed by atoms with E-state index in [4.69, 9.17) is 11.1 Å². The Morgan fingerprint density at radius 3 is 2.67 bits per heavy atom. The van der Waals surface area contributed by atoms with Gasteiger partial charge in [0.1, 0.15) is 11.7 Å². The van der Waals surface area contributed by atoms with E-state index in [0.29, 0.717) is 12.2 Å². The normalized spacial score (nSPS) is 13.5. The number of hydrogen-bond acceptors (Lipinski definition) is 4. The topological polar surface area (TPSA) is 114 Å². The van der Waals surface area contributed by atoms with Crippen molar-refractivity contribution in [2.45, 2.75) is 37.8 Å². The molecule has 0 aromatic carbocycles. The molecule has 1 rings (SSSR count). The fraction of sp³-hybridized carbons (Fsp3) is 0.600. The maximum atomic E-state index is 12.0. The summed E-state index contributed by atoms with van der Waals surface area (Å²) in [6.45, 7) is 3.61. The second kappa shape index (κ2) is 5.49. The molecule has 0 aliphatic rings. The van der Waals surface area contributed by atoms with Crippen LogP contribution < -0.4 is 10.5 Å². The molecule has 1 heterocycles. The van der Waals surface area contributed by atoms with Crippen LogP contribution in [-0.2, 0) is 17.1 Å². The van der Waals surface area contributed by atoms with Gasteiger partial charge in [-0.1, -0.05) is 13.3 Å².